The Morgan fingerprint density at radius 2 is 1.66 bits per heavy atom. The molecule has 0 saturated carbocycles. The number of carboxylic acid groups (broad SMARTS) is 1. The highest BCUT2D eigenvalue weighted by Crippen LogP contribution is 2.26. The molecule has 4 aromatic rings. The summed E-state index contributed by atoms with van der Waals surface area (Å²) in [5, 5.41) is 11.1. The first-order chi connectivity index (χ1) is 13.9. The molecule has 4 rings (SSSR count). The van der Waals surface area contributed by atoms with E-state index < -0.39 is 11.9 Å². The highest BCUT2D eigenvalue weighted by molar-refractivity contribution is 6.35. The Balaban J connectivity index is 1.71. The number of benzene rings is 2. The second kappa shape index (κ2) is 7.58. The summed E-state index contributed by atoms with van der Waals surface area (Å²) in [7, 11) is 0. The number of carbonyl (C=O) groups is 2. The van der Waals surface area contributed by atoms with E-state index in [1.807, 2.05) is 0 Å². The van der Waals surface area contributed by atoms with Crippen LogP contribution in [-0.4, -0.2) is 26.6 Å². The van der Waals surface area contributed by atoms with Gasteiger partial charge >= 0.3 is 5.97 Å². The molecule has 6 nitrogen and oxygen atoms in total. The summed E-state index contributed by atoms with van der Waals surface area (Å²) in [6.07, 6.45) is 0. The monoisotopic (exact) mass is 425 g/mol. The molecule has 0 bridgehead atoms. The van der Waals surface area contributed by atoms with Gasteiger partial charge in [0.2, 0.25) is 0 Å². The second-order valence-corrected chi connectivity index (χ2v) is 7.11. The van der Waals surface area contributed by atoms with Gasteiger partial charge in [-0.15, -0.1) is 0 Å². The number of aromatic nitrogens is 2. The Bertz CT molecular complexity index is 1250. The number of aromatic carboxylic acids is 1. The van der Waals surface area contributed by atoms with Crippen LogP contribution in [0.1, 0.15) is 21.0 Å². The van der Waals surface area contributed by atoms with E-state index in [0.29, 0.717) is 32.2 Å². The topological polar surface area (TPSA) is 84.2 Å². The second-order valence-electron chi connectivity index (χ2n) is 6.24. The van der Waals surface area contributed by atoms with Crippen molar-refractivity contribution in [2.75, 3.05) is 5.43 Å². The Hall–Kier alpha value is -3.35. The van der Waals surface area contributed by atoms with Crippen molar-refractivity contribution in [1.82, 2.24) is 9.66 Å². The molecule has 0 saturated heterocycles. The van der Waals surface area contributed by atoms with Gasteiger partial charge in [-0.1, -0.05) is 47.5 Å². The van der Waals surface area contributed by atoms with Crippen molar-refractivity contribution in [1.29, 1.82) is 0 Å². The fraction of sp³-hybridized carbons (Fsp3) is 0. The number of halogens is 2. The van der Waals surface area contributed by atoms with Gasteiger partial charge in [-0.3, -0.25) is 10.2 Å². The maximum atomic E-state index is 12.8. The zero-order valence-corrected chi connectivity index (χ0v) is 16.3. The molecule has 29 heavy (non-hydrogen) atoms. The molecule has 1 amide bonds. The summed E-state index contributed by atoms with van der Waals surface area (Å²) in [6, 6.07) is 18.5. The molecule has 2 aromatic heterocycles. The fourth-order valence-corrected chi connectivity index (χ4v) is 3.54. The highest BCUT2D eigenvalue weighted by atomic mass is 35.5. The van der Waals surface area contributed by atoms with E-state index in [1.54, 1.807) is 54.6 Å². The van der Waals surface area contributed by atoms with Crippen LogP contribution in [-0.2, 0) is 0 Å². The van der Waals surface area contributed by atoms with E-state index in [2.05, 4.69) is 10.4 Å². The summed E-state index contributed by atoms with van der Waals surface area (Å²) in [6.45, 7) is 0. The minimum absolute atomic E-state index is 0.0580. The number of hydrogen-bond donors (Lipinski definition) is 2. The molecule has 0 unspecified atom stereocenters. The van der Waals surface area contributed by atoms with Crippen LogP contribution in [0.15, 0.2) is 66.7 Å². The minimum atomic E-state index is -1.16. The van der Waals surface area contributed by atoms with E-state index in [4.69, 9.17) is 23.2 Å². The third-order valence-electron chi connectivity index (χ3n) is 4.28. The number of carboxylic acids is 1. The van der Waals surface area contributed by atoms with E-state index in [-0.39, 0.29) is 11.4 Å². The number of hydrogen-bond acceptors (Lipinski definition) is 3. The van der Waals surface area contributed by atoms with Gasteiger partial charge in [-0.25, -0.2) is 14.5 Å². The quantitative estimate of drug-likeness (QED) is 0.476. The Morgan fingerprint density at radius 3 is 2.38 bits per heavy atom. The van der Waals surface area contributed by atoms with Gasteiger partial charge in [0.25, 0.3) is 5.91 Å². The normalized spacial score (nSPS) is 10.8. The number of amides is 1. The number of rotatable bonds is 4. The molecule has 144 valence electrons. The summed E-state index contributed by atoms with van der Waals surface area (Å²) in [4.78, 5) is 28.8. The Labute approximate surface area is 175 Å². The van der Waals surface area contributed by atoms with Gasteiger partial charge in [-0.05, 0) is 42.5 Å². The molecule has 0 fully saturated rings. The molecule has 0 aliphatic rings. The van der Waals surface area contributed by atoms with Crippen LogP contribution >= 0.6 is 23.2 Å². The highest BCUT2D eigenvalue weighted by Gasteiger charge is 2.18. The van der Waals surface area contributed by atoms with Crippen LogP contribution in [0.2, 0.25) is 10.0 Å². The van der Waals surface area contributed by atoms with Crippen molar-refractivity contribution in [2.45, 2.75) is 0 Å². The first-order valence-corrected chi connectivity index (χ1v) is 9.26. The molecule has 0 radical (unpaired) electrons. The van der Waals surface area contributed by atoms with Gasteiger partial charge in [0.15, 0.2) is 0 Å². The molecule has 8 heteroatoms. The first kappa shape index (κ1) is 19.0. The van der Waals surface area contributed by atoms with Crippen LogP contribution in [0.5, 0.6) is 0 Å². The SMILES string of the molecule is O=C(Nn1c(C(=O)O)cc2ccccc21)c1cccc(-c2cc(Cl)cc(Cl)c2)n1. The number of carbonyl (C=O) groups excluding carboxylic acids is 1. The van der Waals surface area contributed by atoms with Crippen LogP contribution in [0.4, 0.5) is 0 Å². The number of nitrogens with zero attached hydrogens (tertiary/aromatic N) is 2. The van der Waals surface area contributed by atoms with Crippen LogP contribution in [0.25, 0.3) is 22.2 Å². The largest absolute Gasteiger partial charge is 0.477 e. The summed E-state index contributed by atoms with van der Waals surface area (Å²) < 4.78 is 1.24. The van der Waals surface area contributed by atoms with Crippen LogP contribution in [0, 0.1) is 0 Å². The van der Waals surface area contributed by atoms with Crippen molar-refractivity contribution in [3.05, 3.63) is 88.2 Å². The molecular weight excluding hydrogens is 413 g/mol. The van der Waals surface area contributed by atoms with Crippen LogP contribution in [0.3, 0.4) is 0 Å². The van der Waals surface area contributed by atoms with Crippen molar-refractivity contribution in [3.63, 3.8) is 0 Å². The molecule has 0 aliphatic heterocycles. The minimum Gasteiger partial charge on any atom is -0.477 e. The smallest absolute Gasteiger partial charge is 0.354 e. The Kier molecular flexibility index (Phi) is 4.96. The number of nitrogens with one attached hydrogen (secondary N) is 1. The van der Waals surface area contributed by atoms with E-state index >= 15 is 0 Å². The molecule has 0 spiro atoms. The summed E-state index contributed by atoms with van der Waals surface area (Å²) in [5.41, 5.74) is 4.41. The zero-order chi connectivity index (χ0) is 20.5. The van der Waals surface area contributed by atoms with Crippen molar-refractivity contribution >= 4 is 46.0 Å². The van der Waals surface area contributed by atoms with Crippen molar-refractivity contribution < 1.29 is 14.7 Å². The van der Waals surface area contributed by atoms with Crippen molar-refractivity contribution in [3.8, 4) is 11.3 Å². The number of pyridine rings is 1. The van der Waals surface area contributed by atoms with Crippen molar-refractivity contribution in [2.24, 2.45) is 0 Å². The summed E-state index contributed by atoms with van der Waals surface area (Å²) in [5.74, 6) is -1.71. The third kappa shape index (κ3) is 3.81. The molecule has 2 heterocycles. The summed E-state index contributed by atoms with van der Waals surface area (Å²) >= 11 is 12.1. The number of para-hydroxylation sites is 1. The predicted octanol–water partition coefficient (Wildman–Crippen LogP) is 5.09. The molecule has 0 aliphatic carbocycles. The average molecular weight is 426 g/mol. The predicted molar refractivity (Wildman–Crippen MR) is 112 cm³/mol. The van der Waals surface area contributed by atoms with Crippen LogP contribution < -0.4 is 5.43 Å². The lowest BCUT2D eigenvalue weighted by molar-refractivity contribution is 0.0687. The standard InChI is InChI=1S/C21H13Cl2N3O3/c22-14-8-13(9-15(23)11-14)16-5-3-6-17(24-16)20(27)25-26-18-7-2-1-4-12(18)10-19(26)21(28)29/h1-11H,(H,25,27)(H,28,29). The van der Waals surface area contributed by atoms with Gasteiger partial charge in [0, 0.05) is 21.0 Å². The van der Waals surface area contributed by atoms with Gasteiger partial charge in [-0.2, -0.15) is 0 Å². The number of fused-ring (bicyclic) bond motifs is 1. The zero-order valence-electron chi connectivity index (χ0n) is 14.8. The lowest BCUT2D eigenvalue weighted by Gasteiger charge is -2.11. The maximum absolute atomic E-state index is 12.8. The molecule has 2 aromatic carbocycles. The third-order valence-corrected chi connectivity index (χ3v) is 4.72. The van der Waals surface area contributed by atoms with E-state index in [1.165, 1.54) is 16.8 Å². The molecular formula is C21H13Cl2N3O3. The maximum Gasteiger partial charge on any atom is 0.354 e. The average Bonchev–Trinajstić information content (AvgIpc) is 3.06. The van der Waals surface area contributed by atoms with E-state index in [9.17, 15) is 14.7 Å². The Morgan fingerprint density at radius 1 is 0.931 bits per heavy atom. The lowest BCUT2D eigenvalue weighted by Crippen LogP contribution is -2.26. The fourth-order valence-electron chi connectivity index (χ4n) is 3.02. The molecule has 2 N–H and O–H groups in total. The lowest BCUT2D eigenvalue weighted by atomic mass is 10.1. The van der Waals surface area contributed by atoms with Gasteiger partial charge in [0.1, 0.15) is 11.4 Å². The van der Waals surface area contributed by atoms with E-state index in [0.717, 1.165) is 0 Å². The first-order valence-electron chi connectivity index (χ1n) is 8.51. The van der Waals surface area contributed by atoms with Gasteiger partial charge in [0.05, 0.1) is 11.2 Å². The van der Waals surface area contributed by atoms with Gasteiger partial charge < -0.3 is 5.11 Å². The molecule has 0 atom stereocenters.